The van der Waals surface area contributed by atoms with Crippen molar-refractivity contribution in [1.82, 2.24) is 15.3 Å². The lowest BCUT2D eigenvalue weighted by Crippen LogP contribution is -2.42. The predicted octanol–water partition coefficient (Wildman–Crippen LogP) is 3.29. The fraction of sp³-hybridized carbons (Fsp3) is 0.292. The van der Waals surface area contributed by atoms with E-state index >= 15 is 0 Å². The first kappa shape index (κ1) is 20.8. The maximum atomic E-state index is 12.7. The molecule has 1 aromatic carbocycles. The Labute approximate surface area is 181 Å². The van der Waals surface area contributed by atoms with Crippen LogP contribution >= 0.6 is 0 Å². The molecule has 1 aliphatic heterocycles. The van der Waals surface area contributed by atoms with Crippen LogP contribution in [0.15, 0.2) is 61.1 Å². The van der Waals surface area contributed by atoms with E-state index in [9.17, 15) is 4.79 Å². The number of hydrogen-bond donors (Lipinski definition) is 1. The van der Waals surface area contributed by atoms with Crippen LogP contribution in [-0.2, 0) is 11.2 Å². The monoisotopic (exact) mass is 419 g/mol. The first-order valence-corrected chi connectivity index (χ1v) is 10.2. The fourth-order valence-electron chi connectivity index (χ4n) is 3.44. The third-order valence-corrected chi connectivity index (χ3v) is 5.22. The summed E-state index contributed by atoms with van der Waals surface area (Å²) in [6.07, 6.45) is 5.71. The van der Waals surface area contributed by atoms with Crippen molar-refractivity contribution in [2.45, 2.75) is 25.5 Å². The summed E-state index contributed by atoms with van der Waals surface area (Å²) in [6, 6.07) is 13.2. The van der Waals surface area contributed by atoms with Crippen LogP contribution in [0.5, 0.6) is 11.6 Å². The molecule has 7 heteroatoms. The van der Waals surface area contributed by atoms with E-state index in [4.69, 9.17) is 14.2 Å². The normalized spacial score (nSPS) is 16.0. The Balaban J connectivity index is 1.42. The number of nitrogens with zero attached hydrogens (tertiary/aromatic N) is 2. The van der Waals surface area contributed by atoms with Gasteiger partial charge in [0.1, 0.15) is 19.0 Å². The number of rotatable bonds is 7. The van der Waals surface area contributed by atoms with Crippen molar-refractivity contribution in [3.8, 4) is 22.8 Å². The standard InChI is InChI=1S/C24H25N3O4/c1-16(29-2)14-31-23-7-6-18(13-26-23)24(28)27-19-12-21-20(17-8-10-25-11-9-17)4-3-5-22(21)30-15-19/h3-11,13,16,19H,12,14-15H2,1-2H3,(H,27,28)/t16-,19+/m1/s1. The van der Waals surface area contributed by atoms with Crippen LogP contribution in [0.1, 0.15) is 22.8 Å². The lowest BCUT2D eigenvalue weighted by molar-refractivity contribution is 0.0699. The highest BCUT2D eigenvalue weighted by Crippen LogP contribution is 2.34. The second-order valence-electron chi connectivity index (χ2n) is 7.45. The average molecular weight is 419 g/mol. The topological polar surface area (TPSA) is 82.6 Å². The molecule has 0 bridgehead atoms. The van der Waals surface area contributed by atoms with Gasteiger partial charge in [-0.2, -0.15) is 0 Å². The highest BCUT2D eigenvalue weighted by Gasteiger charge is 2.24. The van der Waals surface area contributed by atoms with Gasteiger partial charge >= 0.3 is 0 Å². The highest BCUT2D eigenvalue weighted by molar-refractivity contribution is 5.94. The van der Waals surface area contributed by atoms with Gasteiger partial charge < -0.3 is 19.5 Å². The summed E-state index contributed by atoms with van der Waals surface area (Å²) in [6.45, 7) is 2.72. The Hall–Kier alpha value is -3.45. The molecule has 0 unspecified atom stereocenters. The van der Waals surface area contributed by atoms with Gasteiger partial charge in [0.25, 0.3) is 5.91 Å². The zero-order chi connectivity index (χ0) is 21.6. The molecule has 0 fully saturated rings. The molecule has 0 saturated carbocycles. The molecular formula is C24H25N3O4. The van der Waals surface area contributed by atoms with Crippen LogP contribution < -0.4 is 14.8 Å². The lowest BCUT2D eigenvalue weighted by Gasteiger charge is -2.28. The minimum absolute atomic E-state index is 0.0315. The van der Waals surface area contributed by atoms with E-state index in [-0.39, 0.29) is 18.1 Å². The van der Waals surface area contributed by atoms with Crippen LogP contribution in [0.25, 0.3) is 11.1 Å². The predicted molar refractivity (Wildman–Crippen MR) is 116 cm³/mol. The number of amides is 1. The van der Waals surface area contributed by atoms with Gasteiger partial charge in [0.2, 0.25) is 5.88 Å². The summed E-state index contributed by atoms with van der Waals surface area (Å²) in [5.74, 6) is 1.12. The minimum Gasteiger partial charge on any atom is -0.491 e. The number of fused-ring (bicyclic) bond motifs is 1. The van der Waals surface area contributed by atoms with Gasteiger partial charge in [-0.25, -0.2) is 4.98 Å². The van der Waals surface area contributed by atoms with Crippen LogP contribution in [0.2, 0.25) is 0 Å². The molecule has 1 aliphatic rings. The Morgan fingerprint density at radius 2 is 2.06 bits per heavy atom. The third-order valence-electron chi connectivity index (χ3n) is 5.22. The molecule has 4 rings (SSSR count). The van der Waals surface area contributed by atoms with Gasteiger partial charge in [0, 0.05) is 43.8 Å². The Kier molecular flexibility index (Phi) is 6.43. The lowest BCUT2D eigenvalue weighted by atomic mass is 9.93. The number of aromatic nitrogens is 2. The van der Waals surface area contributed by atoms with Crippen molar-refractivity contribution in [3.05, 3.63) is 72.2 Å². The third kappa shape index (κ3) is 5.00. The summed E-state index contributed by atoms with van der Waals surface area (Å²) in [5, 5.41) is 3.06. The quantitative estimate of drug-likeness (QED) is 0.633. The van der Waals surface area contributed by atoms with E-state index in [1.54, 1.807) is 31.6 Å². The molecule has 2 atom stereocenters. The molecule has 3 heterocycles. The molecule has 7 nitrogen and oxygen atoms in total. The summed E-state index contributed by atoms with van der Waals surface area (Å²) in [4.78, 5) is 21.0. The van der Waals surface area contributed by atoms with Gasteiger partial charge in [0.05, 0.1) is 17.7 Å². The molecule has 1 N–H and O–H groups in total. The maximum absolute atomic E-state index is 12.7. The Morgan fingerprint density at radius 3 is 2.81 bits per heavy atom. The van der Waals surface area contributed by atoms with Crippen LogP contribution in [0.4, 0.5) is 0 Å². The Morgan fingerprint density at radius 1 is 1.23 bits per heavy atom. The van der Waals surface area contributed by atoms with E-state index in [1.165, 1.54) is 6.20 Å². The summed E-state index contributed by atoms with van der Waals surface area (Å²) in [5.41, 5.74) is 3.72. The second kappa shape index (κ2) is 9.57. The number of nitrogens with one attached hydrogen (secondary N) is 1. The van der Waals surface area contributed by atoms with Crippen molar-refractivity contribution < 1.29 is 19.0 Å². The smallest absolute Gasteiger partial charge is 0.253 e. The first-order valence-electron chi connectivity index (χ1n) is 10.2. The van der Waals surface area contributed by atoms with E-state index in [0.29, 0.717) is 31.1 Å². The fourth-order valence-corrected chi connectivity index (χ4v) is 3.44. The zero-order valence-corrected chi connectivity index (χ0v) is 17.6. The number of benzene rings is 1. The van der Waals surface area contributed by atoms with Crippen molar-refractivity contribution in [2.24, 2.45) is 0 Å². The van der Waals surface area contributed by atoms with Crippen LogP contribution in [-0.4, -0.2) is 48.3 Å². The average Bonchev–Trinajstić information content (AvgIpc) is 2.83. The number of carbonyl (C=O) groups excluding carboxylic acids is 1. The highest BCUT2D eigenvalue weighted by atomic mass is 16.5. The van der Waals surface area contributed by atoms with Crippen LogP contribution in [0, 0.1) is 0 Å². The number of ether oxygens (including phenoxy) is 3. The molecule has 31 heavy (non-hydrogen) atoms. The van der Waals surface area contributed by atoms with Crippen molar-refractivity contribution >= 4 is 5.91 Å². The number of methoxy groups -OCH3 is 1. The van der Waals surface area contributed by atoms with Crippen molar-refractivity contribution in [3.63, 3.8) is 0 Å². The van der Waals surface area contributed by atoms with Crippen LogP contribution in [0.3, 0.4) is 0 Å². The molecule has 2 aromatic heterocycles. The largest absolute Gasteiger partial charge is 0.491 e. The SMILES string of the molecule is CO[C@H](C)COc1ccc(C(=O)N[C@@H]2COc3cccc(-c4ccncc4)c3C2)cn1. The Bertz CT molecular complexity index is 1020. The van der Waals surface area contributed by atoms with Crippen molar-refractivity contribution in [1.29, 1.82) is 0 Å². The number of pyridine rings is 2. The summed E-state index contributed by atoms with van der Waals surface area (Å²) >= 11 is 0. The van der Waals surface area contributed by atoms with E-state index in [2.05, 4.69) is 21.4 Å². The maximum Gasteiger partial charge on any atom is 0.253 e. The molecule has 3 aromatic rings. The van der Waals surface area contributed by atoms with Gasteiger partial charge in [-0.05, 0) is 42.3 Å². The van der Waals surface area contributed by atoms with Gasteiger partial charge in [-0.15, -0.1) is 0 Å². The number of hydrogen-bond acceptors (Lipinski definition) is 6. The first-order chi connectivity index (χ1) is 15.1. The molecule has 0 aliphatic carbocycles. The van der Waals surface area contributed by atoms with E-state index < -0.39 is 0 Å². The van der Waals surface area contributed by atoms with E-state index in [1.807, 2.05) is 31.2 Å². The molecule has 0 spiro atoms. The molecule has 0 saturated heterocycles. The van der Waals surface area contributed by atoms with Gasteiger partial charge in [0.15, 0.2) is 0 Å². The number of carbonyl (C=O) groups is 1. The zero-order valence-electron chi connectivity index (χ0n) is 17.6. The van der Waals surface area contributed by atoms with Gasteiger partial charge in [-0.1, -0.05) is 12.1 Å². The molecular weight excluding hydrogens is 394 g/mol. The van der Waals surface area contributed by atoms with Crippen molar-refractivity contribution in [2.75, 3.05) is 20.3 Å². The summed E-state index contributed by atoms with van der Waals surface area (Å²) in [7, 11) is 1.63. The van der Waals surface area contributed by atoms with E-state index in [0.717, 1.165) is 22.4 Å². The molecule has 1 amide bonds. The second-order valence-corrected chi connectivity index (χ2v) is 7.45. The minimum atomic E-state index is -0.192. The molecule has 160 valence electrons. The van der Waals surface area contributed by atoms with Gasteiger partial charge in [-0.3, -0.25) is 9.78 Å². The summed E-state index contributed by atoms with van der Waals surface area (Å²) < 4.78 is 16.6. The molecule has 0 radical (unpaired) electrons.